The summed E-state index contributed by atoms with van der Waals surface area (Å²) in [4.78, 5) is 13.4. The molecule has 0 amide bonds. The normalized spacial score (nSPS) is 20.3. The van der Waals surface area contributed by atoms with Gasteiger partial charge in [0.15, 0.2) is 0 Å². The number of benzene rings is 1. The summed E-state index contributed by atoms with van der Waals surface area (Å²) in [5, 5.41) is 0. The summed E-state index contributed by atoms with van der Waals surface area (Å²) in [6, 6.07) is 6.66. The van der Waals surface area contributed by atoms with Gasteiger partial charge in [-0.25, -0.2) is 0 Å². The van der Waals surface area contributed by atoms with Gasteiger partial charge >= 0.3 is 6.61 Å². The van der Waals surface area contributed by atoms with Crippen molar-refractivity contribution in [2.75, 3.05) is 11.4 Å². The van der Waals surface area contributed by atoms with E-state index in [1.165, 1.54) is 12.1 Å². The lowest BCUT2D eigenvalue weighted by atomic mass is 10.0. The van der Waals surface area contributed by atoms with Crippen LogP contribution in [0.1, 0.15) is 19.8 Å². The smallest absolute Gasteiger partial charge is 0.387 e. The van der Waals surface area contributed by atoms with E-state index in [0.717, 1.165) is 5.69 Å². The minimum absolute atomic E-state index is 0.146. The van der Waals surface area contributed by atoms with Gasteiger partial charge in [0, 0.05) is 31.1 Å². The van der Waals surface area contributed by atoms with Crippen molar-refractivity contribution in [3.8, 4) is 5.75 Å². The number of alkyl halides is 2. The average molecular weight is 255 g/mol. The molecule has 1 aliphatic heterocycles. The Labute approximate surface area is 104 Å². The first-order chi connectivity index (χ1) is 8.56. The predicted octanol–water partition coefficient (Wildman–Crippen LogP) is 2.85. The van der Waals surface area contributed by atoms with Crippen LogP contribution in [0.2, 0.25) is 0 Å². The zero-order chi connectivity index (χ0) is 13.1. The Morgan fingerprint density at radius 3 is 2.56 bits per heavy atom. The maximum atomic E-state index is 12.0. The Hall–Kier alpha value is -1.65. The summed E-state index contributed by atoms with van der Waals surface area (Å²) in [5.41, 5.74) is 0.927. The number of ketones is 1. The number of nitrogens with zero attached hydrogens (tertiary/aromatic N) is 1. The van der Waals surface area contributed by atoms with Crippen LogP contribution in [-0.2, 0) is 4.79 Å². The molecule has 1 heterocycles. The molecule has 18 heavy (non-hydrogen) atoms. The number of carbonyl (C=O) groups is 1. The number of ether oxygens (including phenoxy) is 1. The molecule has 0 spiro atoms. The minimum atomic E-state index is -2.80. The molecule has 0 radical (unpaired) electrons. The van der Waals surface area contributed by atoms with Gasteiger partial charge in [-0.05, 0) is 31.2 Å². The van der Waals surface area contributed by atoms with E-state index in [2.05, 4.69) is 9.64 Å². The fourth-order valence-electron chi connectivity index (χ4n) is 2.21. The van der Waals surface area contributed by atoms with Crippen LogP contribution in [0, 0.1) is 0 Å². The Balaban J connectivity index is 2.07. The van der Waals surface area contributed by atoms with Crippen molar-refractivity contribution in [3.05, 3.63) is 24.3 Å². The molecule has 1 aromatic rings. The van der Waals surface area contributed by atoms with Gasteiger partial charge in [0.05, 0.1) is 0 Å². The van der Waals surface area contributed by atoms with Crippen molar-refractivity contribution in [1.29, 1.82) is 0 Å². The molecule has 1 fully saturated rings. The van der Waals surface area contributed by atoms with Crippen molar-refractivity contribution < 1.29 is 18.3 Å². The highest BCUT2D eigenvalue weighted by Crippen LogP contribution is 2.25. The first kappa shape index (κ1) is 12.8. The molecule has 3 nitrogen and oxygen atoms in total. The van der Waals surface area contributed by atoms with Gasteiger partial charge in [-0.3, -0.25) is 4.79 Å². The number of hydrogen-bond donors (Lipinski definition) is 0. The number of anilines is 1. The van der Waals surface area contributed by atoms with Crippen molar-refractivity contribution >= 4 is 11.5 Å². The second kappa shape index (κ2) is 5.33. The molecular weight excluding hydrogens is 240 g/mol. The molecule has 0 N–H and O–H groups in total. The Bertz CT molecular complexity index is 420. The minimum Gasteiger partial charge on any atom is -0.435 e. The zero-order valence-corrected chi connectivity index (χ0v) is 10.1. The van der Waals surface area contributed by atoms with Gasteiger partial charge in [0.25, 0.3) is 0 Å². The number of carbonyl (C=O) groups excluding carboxylic acids is 1. The second-order valence-corrected chi connectivity index (χ2v) is 4.41. The molecule has 0 aromatic heterocycles. The molecule has 0 bridgehead atoms. The molecule has 0 aliphatic carbocycles. The van der Waals surface area contributed by atoms with Gasteiger partial charge in [-0.1, -0.05) is 0 Å². The Kier molecular flexibility index (Phi) is 3.79. The van der Waals surface area contributed by atoms with Crippen LogP contribution in [0.5, 0.6) is 5.75 Å². The first-order valence-electron chi connectivity index (χ1n) is 5.89. The van der Waals surface area contributed by atoms with E-state index in [-0.39, 0.29) is 17.6 Å². The van der Waals surface area contributed by atoms with Crippen LogP contribution in [0.15, 0.2) is 24.3 Å². The molecule has 1 aromatic carbocycles. The van der Waals surface area contributed by atoms with Crippen molar-refractivity contribution in [2.24, 2.45) is 0 Å². The average Bonchev–Trinajstić information content (AvgIpc) is 2.30. The van der Waals surface area contributed by atoms with Gasteiger partial charge in [-0.15, -0.1) is 0 Å². The number of piperidine rings is 1. The van der Waals surface area contributed by atoms with E-state index in [9.17, 15) is 13.6 Å². The van der Waals surface area contributed by atoms with E-state index < -0.39 is 6.61 Å². The maximum absolute atomic E-state index is 12.0. The summed E-state index contributed by atoms with van der Waals surface area (Å²) in [7, 11) is 0. The predicted molar refractivity (Wildman–Crippen MR) is 64.1 cm³/mol. The van der Waals surface area contributed by atoms with Gasteiger partial charge in [0.1, 0.15) is 11.5 Å². The molecule has 2 rings (SSSR count). The lowest BCUT2D eigenvalue weighted by molar-refractivity contribution is -0.120. The van der Waals surface area contributed by atoms with Crippen LogP contribution in [0.25, 0.3) is 0 Å². The number of Topliss-reactive ketones (excluding diaryl/α,β-unsaturated/α-hetero) is 1. The fourth-order valence-corrected chi connectivity index (χ4v) is 2.21. The van der Waals surface area contributed by atoms with Crippen LogP contribution in [0.4, 0.5) is 14.5 Å². The van der Waals surface area contributed by atoms with Gasteiger partial charge in [0.2, 0.25) is 0 Å². The summed E-state index contributed by atoms with van der Waals surface area (Å²) < 4.78 is 28.3. The molecule has 5 heteroatoms. The van der Waals surface area contributed by atoms with E-state index in [1.54, 1.807) is 12.1 Å². The van der Waals surface area contributed by atoms with Gasteiger partial charge < -0.3 is 9.64 Å². The second-order valence-electron chi connectivity index (χ2n) is 4.41. The third-order valence-corrected chi connectivity index (χ3v) is 3.08. The summed E-state index contributed by atoms with van der Waals surface area (Å²) in [6.45, 7) is -0.141. The van der Waals surface area contributed by atoms with Gasteiger partial charge in [-0.2, -0.15) is 8.78 Å². The molecule has 1 atom stereocenters. The number of rotatable bonds is 3. The van der Waals surface area contributed by atoms with Crippen molar-refractivity contribution in [3.63, 3.8) is 0 Å². The topological polar surface area (TPSA) is 29.5 Å². The molecule has 1 unspecified atom stereocenters. The maximum Gasteiger partial charge on any atom is 0.387 e. The fraction of sp³-hybridized carbons (Fsp3) is 0.462. The monoisotopic (exact) mass is 255 g/mol. The largest absolute Gasteiger partial charge is 0.435 e. The van der Waals surface area contributed by atoms with Crippen LogP contribution < -0.4 is 9.64 Å². The van der Waals surface area contributed by atoms with Crippen LogP contribution in [0.3, 0.4) is 0 Å². The van der Waals surface area contributed by atoms with E-state index in [1.807, 2.05) is 6.92 Å². The van der Waals surface area contributed by atoms with E-state index in [4.69, 9.17) is 0 Å². The van der Waals surface area contributed by atoms with Crippen LogP contribution >= 0.6 is 0 Å². The molecule has 1 saturated heterocycles. The summed E-state index contributed by atoms with van der Waals surface area (Å²) >= 11 is 0. The van der Waals surface area contributed by atoms with E-state index >= 15 is 0 Å². The Morgan fingerprint density at radius 1 is 1.33 bits per heavy atom. The quantitative estimate of drug-likeness (QED) is 0.831. The standard InChI is InChI=1S/C13H15F2NO2/c1-9-8-11(17)6-7-16(9)10-2-4-12(5-3-10)18-13(14)15/h2-5,9,13H,6-8H2,1H3. The Morgan fingerprint density at radius 2 is 2.00 bits per heavy atom. The van der Waals surface area contributed by atoms with Crippen molar-refractivity contribution in [1.82, 2.24) is 0 Å². The lowest BCUT2D eigenvalue weighted by Crippen LogP contribution is -2.41. The third kappa shape index (κ3) is 2.97. The molecule has 0 saturated carbocycles. The van der Waals surface area contributed by atoms with Crippen molar-refractivity contribution in [2.45, 2.75) is 32.4 Å². The highest BCUT2D eigenvalue weighted by atomic mass is 19.3. The first-order valence-corrected chi connectivity index (χ1v) is 5.89. The number of hydrogen-bond acceptors (Lipinski definition) is 3. The highest BCUT2D eigenvalue weighted by molar-refractivity contribution is 5.81. The zero-order valence-electron chi connectivity index (χ0n) is 10.1. The number of halogens is 2. The highest BCUT2D eigenvalue weighted by Gasteiger charge is 2.23. The lowest BCUT2D eigenvalue weighted by Gasteiger charge is -2.34. The third-order valence-electron chi connectivity index (χ3n) is 3.08. The molecular formula is C13H15F2NO2. The van der Waals surface area contributed by atoms with Crippen LogP contribution in [-0.4, -0.2) is 25.0 Å². The summed E-state index contributed by atoms with van der Waals surface area (Å²) in [6.07, 6.45) is 1.08. The van der Waals surface area contributed by atoms with E-state index in [0.29, 0.717) is 19.4 Å². The molecule has 1 aliphatic rings. The SMILES string of the molecule is CC1CC(=O)CCN1c1ccc(OC(F)F)cc1. The molecule has 98 valence electrons. The summed E-state index contributed by atoms with van der Waals surface area (Å²) in [5.74, 6) is 0.422.